The second-order valence-corrected chi connectivity index (χ2v) is 5.89. The van der Waals surface area contributed by atoms with E-state index in [1.165, 1.54) is 0 Å². The molecule has 1 saturated heterocycles. The Morgan fingerprint density at radius 2 is 1.52 bits per heavy atom. The van der Waals surface area contributed by atoms with E-state index in [0.717, 1.165) is 11.1 Å². The summed E-state index contributed by atoms with van der Waals surface area (Å²) < 4.78 is 0. The molecule has 0 aromatic heterocycles. The van der Waals surface area contributed by atoms with E-state index in [4.69, 9.17) is 0 Å². The lowest BCUT2D eigenvalue weighted by Crippen LogP contribution is -2.37. The van der Waals surface area contributed by atoms with E-state index in [1.807, 2.05) is 60.7 Å². The van der Waals surface area contributed by atoms with Gasteiger partial charge >= 0.3 is 0 Å². The Labute approximate surface area is 136 Å². The topological polar surface area (TPSA) is 49.4 Å². The van der Waals surface area contributed by atoms with Crippen molar-refractivity contribution in [2.45, 2.75) is 25.4 Å². The molecule has 1 heterocycles. The lowest BCUT2D eigenvalue weighted by atomic mass is 10.0. The first kappa shape index (κ1) is 15.3. The van der Waals surface area contributed by atoms with Crippen molar-refractivity contribution < 1.29 is 9.59 Å². The number of hydrogen-bond donors (Lipinski definition) is 1. The molecule has 0 radical (unpaired) electrons. The third-order valence-electron chi connectivity index (χ3n) is 4.01. The van der Waals surface area contributed by atoms with Gasteiger partial charge in [0.25, 0.3) is 0 Å². The van der Waals surface area contributed by atoms with E-state index >= 15 is 0 Å². The smallest absolute Gasteiger partial charge is 0.239 e. The van der Waals surface area contributed by atoms with Crippen molar-refractivity contribution in [2.75, 3.05) is 6.54 Å². The minimum atomic E-state index is -0.141. The van der Waals surface area contributed by atoms with Crippen molar-refractivity contribution in [1.29, 1.82) is 0 Å². The summed E-state index contributed by atoms with van der Waals surface area (Å²) in [4.78, 5) is 26.3. The summed E-state index contributed by atoms with van der Waals surface area (Å²) in [5.74, 6) is -0.0687. The van der Waals surface area contributed by atoms with Crippen LogP contribution in [0.1, 0.15) is 17.5 Å². The fourth-order valence-electron chi connectivity index (χ4n) is 2.90. The first-order valence-electron chi connectivity index (χ1n) is 7.86. The molecule has 1 fully saturated rings. The molecule has 3 rings (SSSR count). The van der Waals surface area contributed by atoms with Crippen molar-refractivity contribution in [3.8, 4) is 0 Å². The Hall–Kier alpha value is -2.62. The highest BCUT2D eigenvalue weighted by atomic mass is 16.2. The summed E-state index contributed by atoms with van der Waals surface area (Å²) in [6.45, 7) is 0.601. The van der Waals surface area contributed by atoms with Gasteiger partial charge in [-0.15, -0.1) is 0 Å². The minimum absolute atomic E-state index is 0.0214. The van der Waals surface area contributed by atoms with E-state index in [9.17, 15) is 9.59 Å². The Kier molecular flexibility index (Phi) is 4.71. The van der Waals surface area contributed by atoms with Gasteiger partial charge in [-0.05, 0) is 17.5 Å². The highest BCUT2D eigenvalue weighted by molar-refractivity contribution is 5.87. The number of carbonyl (C=O) groups excluding carboxylic acids is 2. The summed E-state index contributed by atoms with van der Waals surface area (Å²) in [7, 11) is 0. The Bertz CT molecular complexity index is 670. The quantitative estimate of drug-likeness (QED) is 0.941. The van der Waals surface area contributed by atoms with E-state index < -0.39 is 0 Å². The van der Waals surface area contributed by atoms with Crippen LogP contribution in [0, 0.1) is 0 Å². The zero-order valence-electron chi connectivity index (χ0n) is 12.9. The predicted molar refractivity (Wildman–Crippen MR) is 88.6 cm³/mol. The number of rotatable bonds is 4. The molecule has 2 aromatic rings. The predicted octanol–water partition coefficient (Wildman–Crippen LogP) is 2.15. The summed E-state index contributed by atoms with van der Waals surface area (Å²) >= 11 is 0. The van der Waals surface area contributed by atoms with Crippen LogP contribution in [0.5, 0.6) is 0 Å². The van der Waals surface area contributed by atoms with Gasteiger partial charge in [-0.2, -0.15) is 0 Å². The Morgan fingerprint density at radius 1 is 0.913 bits per heavy atom. The second kappa shape index (κ2) is 7.09. The molecule has 0 bridgehead atoms. The third kappa shape index (κ3) is 4.19. The molecule has 1 unspecified atom stereocenters. The van der Waals surface area contributed by atoms with Gasteiger partial charge in [0.1, 0.15) is 0 Å². The third-order valence-corrected chi connectivity index (χ3v) is 4.01. The second-order valence-electron chi connectivity index (χ2n) is 5.89. The molecule has 1 N–H and O–H groups in total. The van der Waals surface area contributed by atoms with E-state index in [-0.39, 0.29) is 24.4 Å². The number of benzene rings is 2. The number of nitrogens with one attached hydrogen (secondary N) is 1. The van der Waals surface area contributed by atoms with Crippen LogP contribution < -0.4 is 5.32 Å². The molecule has 23 heavy (non-hydrogen) atoms. The van der Waals surface area contributed by atoms with Gasteiger partial charge in [0.15, 0.2) is 0 Å². The highest BCUT2D eigenvalue weighted by Gasteiger charge is 2.27. The van der Waals surface area contributed by atoms with Crippen molar-refractivity contribution in [1.82, 2.24) is 10.2 Å². The van der Waals surface area contributed by atoms with Gasteiger partial charge < -0.3 is 10.2 Å². The Morgan fingerprint density at radius 3 is 2.17 bits per heavy atom. The van der Waals surface area contributed by atoms with Gasteiger partial charge in [0, 0.05) is 19.0 Å². The normalized spacial score (nSPS) is 18.4. The molecule has 0 saturated carbocycles. The fourth-order valence-corrected chi connectivity index (χ4v) is 2.90. The average molecular weight is 308 g/mol. The lowest BCUT2D eigenvalue weighted by molar-refractivity contribution is -0.134. The van der Waals surface area contributed by atoms with Crippen LogP contribution in [-0.2, 0) is 22.6 Å². The summed E-state index contributed by atoms with van der Waals surface area (Å²) in [5, 5.41) is 2.97. The fraction of sp³-hybridized carbons (Fsp3) is 0.263. The van der Waals surface area contributed by atoms with Gasteiger partial charge in [-0.25, -0.2) is 0 Å². The molecule has 0 aliphatic carbocycles. The van der Waals surface area contributed by atoms with Crippen LogP contribution in [0.15, 0.2) is 60.7 Å². The Balaban J connectivity index is 1.68. The number of nitrogens with zero attached hydrogens (tertiary/aromatic N) is 1. The highest BCUT2D eigenvalue weighted by Crippen LogP contribution is 2.13. The maximum Gasteiger partial charge on any atom is 0.239 e. The maximum atomic E-state index is 12.5. The average Bonchev–Trinajstić information content (AvgIpc) is 2.68. The van der Waals surface area contributed by atoms with Crippen molar-refractivity contribution >= 4 is 11.8 Å². The van der Waals surface area contributed by atoms with Crippen molar-refractivity contribution in [2.24, 2.45) is 0 Å². The van der Waals surface area contributed by atoms with Crippen molar-refractivity contribution in [3.05, 3.63) is 71.8 Å². The first-order valence-corrected chi connectivity index (χ1v) is 7.86. The molecule has 2 aromatic carbocycles. The minimum Gasteiger partial charge on any atom is -0.351 e. The van der Waals surface area contributed by atoms with E-state index in [2.05, 4.69) is 5.32 Å². The maximum absolute atomic E-state index is 12.5. The largest absolute Gasteiger partial charge is 0.351 e. The summed E-state index contributed by atoms with van der Waals surface area (Å²) in [6, 6.07) is 19.6. The van der Waals surface area contributed by atoms with E-state index in [0.29, 0.717) is 19.4 Å². The number of hydrogen-bond acceptors (Lipinski definition) is 2. The molecular weight excluding hydrogens is 288 g/mol. The van der Waals surface area contributed by atoms with Gasteiger partial charge in [0.05, 0.1) is 6.54 Å². The van der Waals surface area contributed by atoms with Crippen molar-refractivity contribution in [3.63, 3.8) is 0 Å². The molecular formula is C19H20N2O2. The molecule has 2 amide bonds. The monoisotopic (exact) mass is 308 g/mol. The molecule has 1 aliphatic heterocycles. The summed E-state index contributed by atoms with van der Waals surface area (Å²) in [6.07, 6.45) is 1.02. The van der Waals surface area contributed by atoms with E-state index in [1.54, 1.807) is 4.90 Å². The van der Waals surface area contributed by atoms with Gasteiger partial charge in [-0.1, -0.05) is 60.7 Å². The first-order chi connectivity index (χ1) is 11.2. The SMILES string of the molecule is O=C1CN(Cc2ccccc2)C(=O)CC(Cc2ccccc2)N1. The van der Waals surface area contributed by atoms with Crippen LogP contribution in [0.2, 0.25) is 0 Å². The number of carbonyl (C=O) groups is 2. The molecule has 118 valence electrons. The number of amides is 2. The molecule has 4 heteroatoms. The molecule has 4 nitrogen and oxygen atoms in total. The zero-order valence-corrected chi connectivity index (χ0v) is 12.9. The standard InChI is InChI=1S/C19H20N2O2/c22-18-14-21(13-16-9-5-2-6-10-16)19(23)12-17(20-18)11-15-7-3-1-4-8-15/h1-10,17H,11-14H2,(H,20,22). The molecule has 1 aliphatic rings. The molecule has 0 spiro atoms. The van der Waals surface area contributed by atoms with Crippen LogP contribution in [-0.4, -0.2) is 29.3 Å². The van der Waals surface area contributed by atoms with Gasteiger partial charge in [-0.3, -0.25) is 9.59 Å². The van der Waals surface area contributed by atoms with Gasteiger partial charge in [0.2, 0.25) is 11.8 Å². The van der Waals surface area contributed by atoms with Crippen LogP contribution in [0.25, 0.3) is 0 Å². The summed E-state index contributed by atoms with van der Waals surface area (Å²) in [5.41, 5.74) is 2.16. The van der Waals surface area contributed by atoms with Crippen LogP contribution >= 0.6 is 0 Å². The lowest BCUT2D eigenvalue weighted by Gasteiger charge is -2.19. The van der Waals surface area contributed by atoms with Crippen LogP contribution in [0.4, 0.5) is 0 Å². The zero-order chi connectivity index (χ0) is 16.1. The molecule has 1 atom stereocenters. The van der Waals surface area contributed by atoms with Crippen LogP contribution in [0.3, 0.4) is 0 Å².